The molecule has 1 aliphatic heterocycles. The molecule has 2 amide bonds. The topological polar surface area (TPSA) is 67.2 Å². The number of aryl methyl sites for hydroxylation is 1. The quantitative estimate of drug-likeness (QED) is 0.549. The zero-order valence-corrected chi connectivity index (χ0v) is 19.1. The minimum absolute atomic E-state index is 0.0615. The van der Waals surface area contributed by atoms with E-state index in [1.807, 2.05) is 28.8 Å². The van der Waals surface area contributed by atoms with Crippen molar-refractivity contribution in [2.24, 2.45) is 13.0 Å². The fourth-order valence-corrected chi connectivity index (χ4v) is 4.72. The SMILES string of the molecule is Cn1ccnc1SCC(=O)Nc1ccc(C(=O)N2CCC(Cc3ccccc3)CC2)cc1. The van der Waals surface area contributed by atoms with Gasteiger partial charge in [0.25, 0.3) is 5.91 Å². The maximum atomic E-state index is 12.9. The van der Waals surface area contributed by atoms with Crippen molar-refractivity contribution in [2.45, 2.75) is 24.4 Å². The van der Waals surface area contributed by atoms with Crippen molar-refractivity contribution < 1.29 is 9.59 Å². The molecule has 0 atom stereocenters. The highest BCUT2D eigenvalue weighted by Crippen LogP contribution is 2.23. The average molecular weight is 449 g/mol. The molecular formula is C25H28N4O2S. The molecule has 1 fully saturated rings. The first-order chi connectivity index (χ1) is 15.6. The number of benzene rings is 2. The number of carbonyl (C=O) groups excluding carboxylic acids is 2. The summed E-state index contributed by atoms with van der Waals surface area (Å²) in [6, 6.07) is 17.7. The highest BCUT2D eigenvalue weighted by Gasteiger charge is 2.23. The summed E-state index contributed by atoms with van der Waals surface area (Å²) < 4.78 is 1.88. The molecule has 166 valence electrons. The van der Waals surface area contributed by atoms with E-state index in [4.69, 9.17) is 0 Å². The van der Waals surface area contributed by atoms with E-state index in [-0.39, 0.29) is 17.6 Å². The fourth-order valence-electron chi connectivity index (χ4n) is 3.98. The Morgan fingerprint density at radius 1 is 1.06 bits per heavy atom. The highest BCUT2D eigenvalue weighted by molar-refractivity contribution is 7.99. The molecule has 32 heavy (non-hydrogen) atoms. The number of anilines is 1. The van der Waals surface area contributed by atoms with Crippen LogP contribution in [0.25, 0.3) is 0 Å². The lowest BCUT2D eigenvalue weighted by atomic mass is 9.90. The second-order valence-corrected chi connectivity index (χ2v) is 9.10. The molecule has 1 aliphatic rings. The number of hydrogen-bond donors (Lipinski definition) is 1. The molecule has 1 aromatic heterocycles. The summed E-state index contributed by atoms with van der Waals surface area (Å²) >= 11 is 1.39. The molecule has 2 aromatic carbocycles. The molecule has 0 unspecified atom stereocenters. The number of hydrogen-bond acceptors (Lipinski definition) is 4. The first kappa shape index (κ1) is 22.1. The van der Waals surface area contributed by atoms with E-state index in [1.165, 1.54) is 17.3 Å². The normalized spacial score (nSPS) is 14.3. The smallest absolute Gasteiger partial charge is 0.253 e. The van der Waals surface area contributed by atoms with E-state index in [2.05, 4.69) is 34.6 Å². The van der Waals surface area contributed by atoms with Crippen molar-refractivity contribution in [1.82, 2.24) is 14.5 Å². The summed E-state index contributed by atoms with van der Waals surface area (Å²) in [7, 11) is 1.90. The number of carbonyl (C=O) groups is 2. The first-order valence-corrected chi connectivity index (χ1v) is 11.9. The molecule has 1 N–H and O–H groups in total. The fraction of sp³-hybridized carbons (Fsp3) is 0.320. The van der Waals surface area contributed by atoms with Crippen LogP contribution >= 0.6 is 11.8 Å². The predicted molar refractivity (Wildman–Crippen MR) is 128 cm³/mol. The summed E-state index contributed by atoms with van der Waals surface area (Å²) in [6.45, 7) is 1.58. The van der Waals surface area contributed by atoms with Crippen LogP contribution in [0.2, 0.25) is 0 Å². The Morgan fingerprint density at radius 3 is 2.44 bits per heavy atom. The van der Waals surface area contributed by atoms with Crippen LogP contribution in [0.15, 0.2) is 72.1 Å². The van der Waals surface area contributed by atoms with Crippen LogP contribution < -0.4 is 5.32 Å². The van der Waals surface area contributed by atoms with Crippen LogP contribution in [0.3, 0.4) is 0 Å². The van der Waals surface area contributed by atoms with Gasteiger partial charge in [-0.3, -0.25) is 9.59 Å². The summed E-state index contributed by atoms with van der Waals surface area (Å²) in [4.78, 5) is 31.2. The molecule has 2 heterocycles. The Bertz CT molecular complexity index is 1040. The molecule has 0 radical (unpaired) electrons. The van der Waals surface area contributed by atoms with E-state index < -0.39 is 0 Å². The predicted octanol–water partition coefficient (Wildman–Crippen LogP) is 4.25. The van der Waals surface area contributed by atoms with Gasteiger partial charge in [-0.25, -0.2) is 4.98 Å². The van der Waals surface area contributed by atoms with Crippen molar-refractivity contribution in [3.8, 4) is 0 Å². The number of nitrogens with zero attached hydrogens (tertiary/aromatic N) is 3. The lowest BCUT2D eigenvalue weighted by Crippen LogP contribution is -2.38. The zero-order chi connectivity index (χ0) is 22.3. The molecule has 1 saturated heterocycles. The third-order valence-electron chi connectivity index (χ3n) is 5.79. The van der Waals surface area contributed by atoms with Crippen LogP contribution in [0.4, 0.5) is 5.69 Å². The van der Waals surface area contributed by atoms with Gasteiger partial charge >= 0.3 is 0 Å². The Labute approximate surface area is 193 Å². The third-order valence-corrected chi connectivity index (χ3v) is 6.85. The van der Waals surface area contributed by atoms with Gasteiger partial charge in [-0.2, -0.15) is 0 Å². The molecular weight excluding hydrogens is 420 g/mol. The maximum Gasteiger partial charge on any atom is 0.253 e. The lowest BCUT2D eigenvalue weighted by molar-refractivity contribution is -0.113. The molecule has 0 bridgehead atoms. The number of imidazole rings is 1. The van der Waals surface area contributed by atoms with Crippen LogP contribution in [-0.2, 0) is 18.3 Å². The second kappa shape index (κ2) is 10.5. The molecule has 6 nitrogen and oxygen atoms in total. The van der Waals surface area contributed by atoms with E-state index in [1.54, 1.807) is 30.5 Å². The van der Waals surface area contributed by atoms with E-state index in [0.717, 1.165) is 37.5 Å². The number of thioether (sulfide) groups is 1. The van der Waals surface area contributed by atoms with Crippen molar-refractivity contribution in [3.63, 3.8) is 0 Å². The molecule has 7 heteroatoms. The van der Waals surface area contributed by atoms with Gasteiger partial charge in [0.05, 0.1) is 5.75 Å². The van der Waals surface area contributed by atoms with Crippen LogP contribution in [0.5, 0.6) is 0 Å². The Balaban J connectivity index is 1.24. The molecule has 0 saturated carbocycles. The number of aromatic nitrogens is 2. The van der Waals surface area contributed by atoms with Gasteiger partial charge in [-0.15, -0.1) is 0 Å². The molecule has 3 aromatic rings. The lowest BCUT2D eigenvalue weighted by Gasteiger charge is -2.32. The molecule has 4 rings (SSSR count). The number of nitrogens with one attached hydrogen (secondary N) is 1. The standard InChI is InChI=1S/C25H28N4O2S/c1-28-16-13-26-25(28)32-18-23(30)27-22-9-7-21(8-10-22)24(31)29-14-11-20(12-15-29)17-19-5-3-2-4-6-19/h2-10,13,16,20H,11-12,14-15,17-18H2,1H3,(H,27,30). The summed E-state index contributed by atoms with van der Waals surface area (Å²) in [5.41, 5.74) is 2.72. The summed E-state index contributed by atoms with van der Waals surface area (Å²) in [5.74, 6) is 0.871. The highest BCUT2D eigenvalue weighted by atomic mass is 32.2. The summed E-state index contributed by atoms with van der Waals surface area (Å²) in [6.07, 6.45) is 6.70. The van der Waals surface area contributed by atoms with E-state index in [0.29, 0.717) is 17.2 Å². The second-order valence-electron chi connectivity index (χ2n) is 8.16. The number of piperidine rings is 1. The number of amides is 2. The first-order valence-electron chi connectivity index (χ1n) is 10.9. The molecule has 0 aliphatic carbocycles. The minimum atomic E-state index is -0.0995. The van der Waals surface area contributed by atoms with Gasteiger partial charge < -0.3 is 14.8 Å². The van der Waals surface area contributed by atoms with E-state index >= 15 is 0 Å². The Morgan fingerprint density at radius 2 is 1.78 bits per heavy atom. The monoisotopic (exact) mass is 448 g/mol. The van der Waals surface area contributed by atoms with Crippen molar-refractivity contribution in [3.05, 3.63) is 78.1 Å². The maximum absolute atomic E-state index is 12.9. The van der Waals surface area contributed by atoms with E-state index in [9.17, 15) is 9.59 Å². The number of rotatable bonds is 7. The van der Waals surface area contributed by atoms with Gasteiger partial charge in [-0.1, -0.05) is 42.1 Å². The average Bonchev–Trinajstić information content (AvgIpc) is 3.23. The van der Waals surface area contributed by atoms with Crippen LogP contribution in [0.1, 0.15) is 28.8 Å². The number of likely N-dealkylation sites (tertiary alicyclic amines) is 1. The minimum Gasteiger partial charge on any atom is -0.339 e. The van der Waals surface area contributed by atoms with Gasteiger partial charge in [-0.05, 0) is 55.0 Å². The summed E-state index contributed by atoms with van der Waals surface area (Å²) in [5, 5.41) is 3.68. The largest absolute Gasteiger partial charge is 0.339 e. The zero-order valence-electron chi connectivity index (χ0n) is 18.2. The van der Waals surface area contributed by atoms with Gasteiger partial charge in [0.15, 0.2) is 5.16 Å². The van der Waals surface area contributed by atoms with Crippen molar-refractivity contribution >= 4 is 29.3 Å². The van der Waals surface area contributed by atoms with Crippen LogP contribution in [-0.4, -0.2) is 45.1 Å². The third kappa shape index (κ3) is 5.79. The van der Waals surface area contributed by atoms with Crippen molar-refractivity contribution in [2.75, 3.05) is 24.2 Å². The Hall–Kier alpha value is -3.06. The van der Waals surface area contributed by atoms with Gasteiger partial charge in [0.1, 0.15) is 0 Å². The Kier molecular flexibility index (Phi) is 7.27. The van der Waals surface area contributed by atoms with Crippen LogP contribution in [0, 0.1) is 5.92 Å². The van der Waals surface area contributed by atoms with Gasteiger partial charge in [0.2, 0.25) is 5.91 Å². The van der Waals surface area contributed by atoms with Gasteiger partial charge in [0, 0.05) is 43.8 Å². The van der Waals surface area contributed by atoms with Crippen molar-refractivity contribution in [1.29, 1.82) is 0 Å². The molecule has 0 spiro atoms.